The summed E-state index contributed by atoms with van der Waals surface area (Å²) in [6.07, 6.45) is 1.59. The van der Waals surface area contributed by atoms with Crippen LogP contribution < -0.4 is 4.74 Å². The maximum Gasteiger partial charge on any atom is 0.213 e. The van der Waals surface area contributed by atoms with Crippen molar-refractivity contribution in [3.8, 4) is 17.4 Å². The first-order valence-corrected chi connectivity index (χ1v) is 13.3. The Balaban J connectivity index is 1.66. The molecule has 12 nitrogen and oxygen atoms in total. The van der Waals surface area contributed by atoms with E-state index in [2.05, 4.69) is 25.1 Å². The standard InChI is InChI=1S/C22H27ClN6O6S/c1-14(20(33-3)21-24-9-15(23)10-25-21)36(30,31)13-18-27-28-22(17-5-4-6-19(26-17)32-2)29(18)11-16-12-34-7-8-35-16/h4-6,9-10,14,16,20H,7-8,11-13H2,1-3H3/t14-,16-,20-/m0/s1. The molecule has 0 N–H and O–H groups in total. The van der Waals surface area contributed by atoms with Crippen LogP contribution >= 0.6 is 11.6 Å². The van der Waals surface area contributed by atoms with Crippen LogP contribution in [0, 0.1) is 0 Å². The van der Waals surface area contributed by atoms with Gasteiger partial charge in [0.2, 0.25) is 5.88 Å². The van der Waals surface area contributed by atoms with Gasteiger partial charge >= 0.3 is 0 Å². The molecule has 0 spiro atoms. The van der Waals surface area contributed by atoms with E-state index >= 15 is 0 Å². The fourth-order valence-corrected chi connectivity index (χ4v) is 5.34. The minimum Gasteiger partial charge on any atom is -0.481 e. The second-order valence-electron chi connectivity index (χ2n) is 8.11. The number of pyridine rings is 1. The summed E-state index contributed by atoms with van der Waals surface area (Å²) in [6, 6.07) is 5.23. The predicted molar refractivity (Wildman–Crippen MR) is 129 cm³/mol. The van der Waals surface area contributed by atoms with E-state index in [9.17, 15) is 8.42 Å². The average molecular weight is 539 g/mol. The van der Waals surface area contributed by atoms with Crippen LogP contribution in [0.25, 0.3) is 11.5 Å². The molecule has 1 fully saturated rings. The molecule has 1 aliphatic heterocycles. The van der Waals surface area contributed by atoms with E-state index in [-0.39, 0.29) is 24.3 Å². The van der Waals surface area contributed by atoms with Gasteiger partial charge in [0.05, 0.1) is 49.9 Å². The predicted octanol–water partition coefficient (Wildman–Crippen LogP) is 1.90. The van der Waals surface area contributed by atoms with Crippen LogP contribution in [0.5, 0.6) is 5.88 Å². The van der Waals surface area contributed by atoms with Crippen LogP contribution in [0.2, 0.25) is 5.02 Å². The third-order valence-corrected chi connectivity index (χ3v) is 7.97. The number of rotatable bonds is 10. The Bertz CT molecular complexity index is 1270. The summed E-state index contributed by atoms with van der Waals surface area (Å²) >= 11 is 5.87. The molecule has 0 aromatic carbocycles. The van der Waals surface area contributed by atoms with Crippen LogP contribution in [-0.2, 0) is 36.3 Å². The molecule has 0 bridgehead atoms. The largest absolute Gasteiger partial charge is 0.481 e. The van der Waals surface area contributed by atoms with Gasteiger partial charge in [-0.3, -0.25) is 0 Å². The number of ether oxygens (including phenoxy) is 4. The molecule has 0 saturated carbocycles. The molecule has 3 aromatic heterocycles. The van der Waals surface area contributed by atoms with Gasteiger partial charge in [-0.1, -0.05) is 17.7 Å². The normalized spacial score (nSPS) is 18.1. The number of methoxy groups -OCH3 is 2. The van der Waals surface area contributed by atoms with Crippen molar-refractivity contribution >= 4 is 21.4 Å². The van der Waals surface area contributed by atoms with Crippen LogP contribution in [0.3, 0.4) is 0 Å². The highest BCUT2D eigenvalue weighted by atomic mass is 35.5. The number of aromatic nitrogens is 6. The minimum atomic E-state index is -3.81. The van der Waals surface area contributed by atoms with E-state index in [0.29, 0.717) is 42.2 Å². The van der Waals surface area contributed by atoms with Crippen LogP contribution in [0.1, 0.15) is 24.7 Å². The van der Waals surface area contributed by atoms with Crippen molar-refractivity contribution in [2.24, 2.45) is 0 Å². The van der Waals surface area contributed by atoms with Gasteiger partial charge in [0.15, 0.2) is 21.5 Å². The summed E-state index contributed by atoms with van der Waals surface area (Å²) in [5, 5.41) is 7.84. The molecular formula is C22H27ClN6O6S. The lowest BCUT2D eigenvalue weighted by Gasteiger charge is -2.25. The highest BCUT2D eigenvalue weighted by Crippen LogP contribution is 2.27. The van der Waals surface area contributed by atoms with Gasteiger partial charge in [-0.15, -0.1) is 10.2 Å². The van der Waals surface area contributed by atoms with E-state index in [0.717, 1.165) is 0 Å². The molecule has 36 heavy (non-hydrogen) atoms. The monoisotopic (exact) mass is 538 g/mol. The number of nitrogens with zero attached hydrogens (tertiary/aromatic N) is 6. The molecule has 1 saturated heterocycles. The van der Waals surface area contributed by atoms with Crippen molar-refractivity contribution in [2.75, 3.05) is 34.0 Å². The first-order chi connectivity index (χ1) is 17.3. The second kappa shape index (κ2) is 11.6. The van der Waals surface area contributed by atoms with Crippen molar-refractivity contribution in [3.63, 3.8) is 0 Å². The zero-order valence-electron chi connectivity index (χ0n) is 20.1. The Labute approximate surface area is 213 Å². The number of hydrogen-bond acceptors (Lipinski definition) is 11. The van der Waals surface area contributed by atoms with Crippen molar-refractivity contribution in [1.82, 2.24) is 29.7 Å². The highest BCUT2D eigenvalue weighted by molar-refractivity contribution is 7.91. The van der Waals surface area contributed by atoms with Crippen LogP contribution in [0.4, 0.5) is 0 Å². The molecule has 3 atom stereocenters. The Morgan fingerprint density at radius 1 is 1.19 bits per heavy atom. The Morgan fingerprint density at radius 2 is 1.97 bits per heavy atom. The maximum atomic E-state index is 13.5. The lowest BCUT2D eigenvalue weighted by Crippen LogP contribution is -2.34. The summed E-state index contributed by atoms with van der Waals surface area (Å²) in [4.78, 5) is 12.7. The summed E-state index contributed by atoms with van der Waals surface area (Å²) in [7, 11) is -0.886. The quantitative estimate of drug-likeness (QED) is 0.373. The fourth-order valence-electron chi connectivity index (χ4n) is 3.80. The highest BCUT2D eigenvalue weighted by Gasteiger charge is 2.35. The molecule has 0 radical (unpaired) electrons. The molecule has 4 rings (SSSR count). The maximum absolute atomic E-state index is 13.5. The summed E-state index contributed by atoms with van der Waals surface area (Å²) in [5.41, 5.74) is 0.486. The summed E-state index contributed by atoms with van der Waals surface area (Å²) < 4.78 is 50.7. The minimum absolute atomic E-state index is 0.216. The molecule has 14 heteroatoms. The first kappa shape index (κ1) is 26.4. The number of halogens is 1. The zero-order chi connectivity index (χ0) is 25.7. The van der Waals surface area contributed by atoms with Gasteiger partial charge in [-0.05, 0) is 13.0 Å². The third-order valence-electron chi connectivity index (χ3n) is 5.73. The van der Waals surface area contributed by atoms with E-state index in [1.165, 1.54) is 26.6 Å². The summed E-state index contributed by atoms with van der Waals surface area (Å²) in [5.74, 6) is 0.848. The van der Waals surface area contributed by atoms with E-state index in [4.69, 9.17) is 30.5 Å². The third kappa shape index (κ3) is 5.98. The van der Waals surface area contributed by atoms with Crippen molar-refractivity contribution in [2.45, 2.75) is 36.7 Å². The van der Waals surface area contributed by atoms with Crippen LogP contribution in [-0.4, -0.2) is 83.5 Å². The van der Waals surface area contributed by atoms with E-state index < -0.39 is 26.9 Å². The molecule has 0 unspecified atom stereocenters. The van der Waals surface area contributed by atoms with Crippen molar-refractivity contribution < 1.29 is 27.4 Å². The Hall–Kier alpha value is -2.71. The lowest BCUT2D eigenvalue weighted by atomic mass is 10.2. The molecule has 3 aromatic rings. The molecule has 0 aliphatic carbocycles. The second-order valence-corrected chi connectivity index (χ2v) is 10.9. The average Bonchev–Trinajstić information content (AvgIpc) is 3.27. The summed E-state index contributed by atoms with van der Waals surface area (Å²) in [6.45, 7) is 3.15. The smallest absolute Gasteiger partial charge is 0.213 e. The van der Waals surface area contributed by atoms with Crippen LogP contribution in [0.15, 0.2) is 30.6 Å². The SMILES string of the molecule is COc1cccc(-c2nnc(CS(=O)(=O)[C@@H](C)[C@H](OC)c3ncc(Cl)cn3)n2C[C@H]2COCCO2)n1. The Morgan fingerprint density at radius 3 is 2.64 bits per heavy atom. The molecule has 0 amide bonds. The number of hydrogen-bond donors (Lipinski definition) is 0. The lowest BCUT2D eigenvalue weighted by molar-refractivity contribution is -0.0936. The van der Waals surface area contributed by atoms with Crippen molar-refractivity contribution in [1.29, 1.82) is 0 Å². The van der Waals surface area contributed by atoms with Crippen molar-refractivity contribution in [3.05, 3.63) is 47.3 Å². The van der Waals surface area contributed by atoms with E-state index in [1.54, 1.807) is 29.7 Å². The Kier molecular flexibility index (Phi) is 8.46. The zero-order valence-corrected chi connectivity index (χ0v) is 21.6. The van der Waals surface area contributed by atoms with Gasteiger partial charge < -0.3 is 23.5 Å². The number of sulfone groups is 1. The van der Waals surface area contributed by atoms with Gasteiger partial charge in [0.25, 0.3) is 0 Å². The molecule has 194 valence electrons. The van der Waals surface area contributed by atoms with Gasteiger partial charge in [-0.2, -0.15) is 0 Å². The topological polar surface area (TPSA) is 140 Å². The first-order valence-electron chi connectivity index (χ1n) is 11.2. The van der Waals surface area contributed by atoms with E-state index in [1.807, 2.05) is 0 Å². The molecular weight excluding hydrogens is 512 g/mol. The van der Waals surface area contributed by atoms with Gasteiger partial charge in [0.1, 0.15) is 23.4 Å². The molecule has 1 aliphatic rings. The van der Waals surface area contributed by atoms with Gasteiger partial charge in [-0.25, -0.2) is 23.4 Å². The van der Waals surface area contributed by atoms with Gasteiger partial charge in [0, 0.05) is 25.6 Å². The molecule has 4 heterocycles. The fraction of sp³-hybridized carbons (Fsp3) is 0.500.